The summed E-state index contributed by atoms with van der Waals surface area (Å²) in [6, 6.07) is 7.45. The molecule has 1 aromatic rings. The first-order chi connectivity index (χ1) is 8.61. The molecule has 1 saturated heterocycles. The maximum atomic E-state index is 3.53. The normalized spacial score (nSPS) is 21.0. The van der Waals surface area contributed by atoms with Crippen LogP contribution in [0, 0.1) is 6.92 Å². The van der Waals surface area contributed by atoms with Gasteiger partial charge in [0.05, 0.1) is 0 Å². The first kappa shape index (κ1) is 13.9. The Labute approximate surface area is 119 Å². The SMILES string of the molecule is Cc1cc(N(C)C2CCCN(C)C2)ccc1CBr. The standard InChI is InChI=1S/C15H23BrN2/c1-12-9-14(7-6-13(12)10-16)18(3)15-5-4-8-17(2)11-15/h6-7,9,15H,4-5,8,10-11H2,1-3H3. The van der Waals surface area contributed by atoms with E-state index in [1.807, 2.05) is 0 Å². The summed E-state index contributed by atoms with van der Waals surface area (Å²) in [5.74, 6) is 0. The molecule has 3 heteroatoms. The summed E-state index contributed by atoms with van der Waals surface area (Å²) in [7, 11) is 4.45. The van der Waals surface area contributed by atoms with Crippen molar-refractivity contribution < 1.29 is 0 Å². The van der Waals surface area contributed by atoms with E-state index in [4.69, 9.17) is 0 Å². The maximum Gasteiger partial charge on any atom is 0.0414 e. The van der Waals surface area contributed by atoms with Crippen molar-refractivity contribution in [1.82, 2.24) is 4.90 Å². The number of nitrogens with zero attached hydrogens (tertiary/aromatic N) is 2. The molecule has 0 aliphatic carbocycles. The van der Waals surface area contributed by atoms with Crippen LogP contribution in [0.5, 0.6) is 0 Å². The van der Waals surface area contributed by atoms with Gasteiger partial charge in [0.25, 0.3) is 0 Å². The summed E-state index contributed by atoms with van der Waals surface area (Å²) >= 11 is 3.53. The van der Waals surface area contributed by atoms with Crippen molar-refractivity contribution in [2.75, 3.05) is 32.1 Å². The van der Waals surface area contributed by atoms with E-state index in [0.29, 0.717) is 6.04 Å². The number of likely N-dealkylation sites (tertiary alicyclic amines) is 1. The van der Waals surface area contributed by atoms with Crippen molar-refractivity contribution in [1.29, 1.82) is 0 Å². The Hall–Kier alpha value is -0.540. The molecule has 1 unspecified atom stereocenters. The maximum absolute atomic E-state index is 3.53. The molecule has 0 aromatic heterocycles. The minimum absolute atomic E-state index is 0.651. The van der Waals surface area contributed by atoms with Crippen molar-refractivity contribution >= 4 is 21.6 Å². The van der Waals surface area contributed by atoms with E-state index in [1.54, 1.807) is 0 Å². The molecule has 0 spiro atoms. The number of likely N-dealkylation sites (N-methyl/N-ethyl adjacent to an activating group) is 2. The second-order valence-electron chi connectivity index (χ2n) is 5.41. The molecular weight excluding hydrogens is 288 g/mol. The van der Waals surface area contributed by atoms with Crippen LogP contribution in [0.15, 0.2) is 18.2 Å². The zero-order chi connectivity index (χ0) is 13.1. The molecule has 0 amide bonds. The van der Waals surface area contributed by atoms with Gasteiger partial charge in [-0.1, -0.05) is 22.0 Å². The second-order valence-corrected chi connectivity index (χ2v) is 5.97. The molecule has 0 saturated carbocycles. The lowest BCUT2D eigenvalue weighted by atomic mass is 10.0. The third-order valence-corrected chi connectivity index (χ3v) is 4.63. The quantitative estimate of drug-likeness (QED) is 0.789. The first-order valence-corrected chi connectivity index (χ1v) is 7.81. The lowest BCUT2D eigenvalue weighted by molar-refractivity contribution is 0.248. The predicted octanol–water partition coefficient (Wildman–Crippen LogP) is 3.42. The third-order valence-electron chi connectivity index (χ3n) is 4.02. The van der Waals surface area contributed by atoms with E-state index in [0.717, 1.165) is 5.33 Å². The van der Waals surface area contributed by atoms with Gasteiger partial charge < -0.3 is 9.80 Å². The largest absolute Gasteiger partial charge is 0.370 e. The number of halogens is 1. The highest BCUT2D eigenvalue weighted by Crippen LogP contribution is 2.24. The molecule has 0 N–H and O–H groups in total. The van der Waals surface area contributed by atoms with Crippen molar-refractivity contribution in [3.8, 4) is 0 Å². The molecule has 0 bridgehead atoms. The molecular formula is C15H23BrN2. The van der Waals surface area contributed by atoms with Gasteiger partial charge in [0.2, 0.25) is 0 Å². The van der Waals surface area contributed by atoms with Gasteiger partial charge in [-0.3, -0.25) is 0 Å². The van der Waals surface area contributed by atoms with Crippen LogP contribution in [0.25, 0.3) is 0 Å². The van der Waals surface area contributed by atoms with E-state index < -0.39 is 0 Å². The average Bonchev–Trinajstić information content (AvgIpc) is 2.37. The highest BCUT2D eigenvalue weighted by atomic mass is 79.9. The van der Waals surface area contributed by atoms with E-state index in [1.165, 1.54) is 42.7 Å². The van der Waals surface area contributed by atoms with E-state index in [2.05, 4.69) is 64.9 Å². The van der Waals surface area contributed by atoms with Crippen molar-refractivity contribution in [3.63, 3.8) is 0 Å². The van der Waals surface area contributed by atoms with Crippen LogP contribution in [0.3, 0.4) is 0 Å². The highest BCUT2D eigenvalue weighted by Gasteiger charge is 2.21. The summed E-state index contributed by atoms with van der Waals surface area (Å²) in [5, 5.41) is 0.939. The number of hydrogen-bond donors (Lipinski definition) is 0. The monoisotopic (exact) mass is 310 g/mol. The summed E-state index contributed by atoms with van der Waals surface area (Å²) < 4.78 is 0. The number of benzene rings is 1. The lowest BCUT2D eigenvalue weighted by Crippen LogP contribution is -2.45. The molecule has 1 fully saturated rings. The molecule has 1 aromatic carbocycles. The van der Waals surface area contributed by atoms with Crippen molar-refractivity contribution in [2.45, 2.75) is 31.1 Å². The van der Waals surface area contributed by atoms with Gasteiger partial charge in [0.1, 0.15) is 0 Å². The van der Waals surface area contributed by atoms with Crippen LogP contribution in [-0.2, 0) is 5.33 Å². The van der Waals surface area contributed by atoms with Crippen LogP contribution in [-0.4, -0.2) is 38.1 Å². The van der Waals surface area contributed by atoms with Crippen molar-refractivity contribution in [2.24, 2.45) is 0 Å². The summed E-state index contributed by atoms with van der Waals surface area (Å²) in [4.78, 5) is 4.88. The Kier molecular flexibility index (Phi) is 4.68. The third kappa shape index (κ3) is 3.07. The molecule has 2 nitrogen and oxygen atoms in total. The lowest BCUT2D eigenvalue weighted by Gasteiger charge is -2.37. The molecule has 1 aliphatic rings. The second kappa shape index (κ2) is 6.07. The summed E-state index contributed by atoms with van der Waals surface area (Å²) in [5.41, 5.74) is 4.10. The predicted molar refractivity (Wildman–Crippen MR) is 82.7 cm³/mol. The van der Waals surface area contributed by atoms with Gasteiger partial charge in [0.15, 0.2) is 0 Å². The Morgan fingerprint density at radius 2 is 2.22 bits per heavy atom. The number of hydrogen-bond acceptors (Lipinski definition) is 2. The number of piperidine rings is 1. The molecule has 0 radical (unpaired) electrons. The summed E-state index contributed by atoms with van der Waals surface area (Å²) in [6.07, 6.45) is 2.62. The minimum Gasteiger partial charge on any atom is -0.370 e. The summed E-state index contributed by atoms with van der Waals surface area (Å²) in [6.45, 7) is 4.61. The molecule has 18 heavy (non-hydrogen) atoms. The van der Waals surface area contributed by atoms with Crippen LogP contribution >= 0.6 is 15.9 Å². The number of rotatable bonds is 3. The number of anilines is 1. The van der Waals surface area contributed by atoms with Gasteiger partial charge in [-0.05, 0) is 56.6 Å². The fourth-order valence-corrected chi connectivity index (χ4v) is 3.34. The Morgan fingerprint density at radius 1 is 1.44 bits per heavy atom. The van der Waals surface area contributed by atoms with E-state index in [-0.39, 0.29) is 0 Å². The zero-order valence-corrected chi connectivity index (χ0v) is 13.2. The molecule has 2 rings (SSSR count). The van der Waals surface area contributed by atoms with E-state index in [9.17, 15) is 0 Å². The Morgan fingerprint density at radius 3 is 2.83 bits per heavy atom. The minimum atomic E-state index is 0.651. The van der Waals surface area contributed by atoms with Crippen molar-refractivity contribution in [3.05, 3.63) is 29.3 Å². The zero-order valence-electron chi connectivity index (χ0n) is 11.6. The van der Waals surface area contributed by atoms with E-state index >= 15 is 0 Å². The van der Waals surface area contributed by atoms with Gasteiger partial charge in [-0.2, -0.15) is 0 Å². The molecule has 1 heterocycles. The first-order valence-electron chi connectivity index (χ1n) is 6.68. The van der Waals surface area contributed by atoms with Crippen LogP contribution in [0.1, 0.15) is 24.0 Å². The van der Waals surface area contributed by atoms with Gasteiger partial charge >= 0.3 is 0 Å². The highest BCUT2D eigenvalue weighted by molar-refractivity contribution is 9.08. The van der Waals surface area contributed by atoms with Gasteiger partial charge in [0, 0.05) is 30.7 Å². The Bertz CT molecular complexity index is 405. The Balaban J connectivity index is 2.12. The van der Waals surface area contributed by atoms with Crippen LogP contribution in [0.4, 0.5) is 5.69 Å². The fraction of sp³-hybridized carbons (Fsp3) is 0.600. The van der Waals surface area contributed by atoms with Crippen LogP contribution in [0.2, 0.25) is 0 Å². The number of aryl methyl sites for hydroxylation is 1. The van der Waals surface area contributed by atoms with Gasteiger partial charge in [-0.15, -0.1) is 0 Å². The number of alkyl halides is 1. The average molecular weight is 311 g/mol. The van der Waals surface area contributed by atoms with Gasteiger partial charge in [-0.25, -0.2) is 0 Å². The fourth-order valence-electron chi connectivity index (χ4n) is 2.72. The molecule has 100 valence electrons. The smallest absolute Gasteiger partial charge is 0.0414 e. The molecule has 1 aliphatic heterocycles. The molecule has 1 atom stereocenters. The topological polar surface area (TPSA) is 6.48 Å². The van der Waals surface area contributed by atoms with Crippen LogP contribution < -0.4 is 4.90 Å².